The van der Waals surface area contributed by atoms with E-state index in [0.717, 1.165) is 10.9 Å². The summed E-state index contributed by atoms with van der Waals surface area (Å²) in [5.74, 6) is -3.78. The Balaban J connectivity index is 2.26. The maximum Gasteiger partial charge on any atom is 0.416 e. The van der Waals surface area contributed by atoms with Crippen molar-refractivity contribution in [3.63, 3.8) is 0 Å². The lowest BCUT2D eigenvalue weighted by molar-refractivity contribution is -0.137. The number of halogens is 7. The second kappa shape index (κ2) is 6.39. The largest absolute Gasteiger partial charge is 0.416 e. The van der Waals surface area contributed by atoms with Crippen molar-refractivity contribution in [3.8, 4) is 5.69 Å². The van der Waals surface area contributed by atoms with Crippen LogP contribution in [0.1, 0.15) is 23.2 Å². The highest BCUT2D eigenvalue weighted by atomic mass is 35.5. The van der Waals surface area contributed by atoms with Crippen LogP contribution in [0.5, 0.6) is 0 Å². The van der Waals surface area contributed by atoms with Crippen molar-refractivity contribution in [3.05, 3.63) is 39.0 Å². The average molecular weight is 461 g/mol. The van der Waals surface area contributed by atoms with E-state index < -0.39 is 55.5 Å². The Morgan fingerprint density at radius 1 is 1.32 bits per heavy atom. The zero-order valence-corrected chi connectivity index (χ0v) is 16.2. The number of nitrogens with two attached hydrogens (primary N) is 1. The Kier molecular flexibility index (Phi) is 4.80. The summed E-state index contributed by atoms with van der Waals surface area (Å²) < 4.78 is 77.7. The van der Waals surface area contributed by atoms with Gasteiger partial charge in [-0.2, -0.15) is 18.3 Å². The van der Waals surface area contributed by atoms with Crippen molar-refractivity contribution in [2.75, 3.05) is 12.0 Å². The van der Waals surface area contributed by atoms with Crippen molar-refractivity contribution in [2.45, 2.75) is 23.3 Å². The number of alkyl halides is 5. The summed E-state index contributed by atoms with van der Waals surface area (Å²) >= 11 is 11.9. The second-order valence-corrected chi connectivity index (χ2v) is 8.57. The lowest BCUT2D eigenvalue weighted by atomic mass is 10.1. The number of rotatable bonds is 4. The van der Waals surface area contributed by atoms with Crippen LogP contribution in [-0.4, -0.2) is 32.4 Å². The summed E-state index contributed by atoms with van der Waals surface area (Å²) in [4.78, 5) is 0. The molecule has 0 spiro atoms. The van der Waals surface area contributed by atoms with E-state index >= 15 is 0 Å². The fraction of sp³-hybridized carbons (Fsp3) is 0.333. The number of hydrogen-bond donors (Lipinski definition) is 2. The molecule has 2 atom stereocenters. The van der Waals surface area contributed by atoms with Gasteiger partial charge in [0.05, 0.1) is 15.6 Å². The van der Waals surface area contributed by atoms with Gasteiger partial charge in [-0.3, -0.25) is 4.21 Å². The van der Waals surface area contributed by atoms with Gasteiger partial charge in [0.15, 0.2) is 0 Å². The Hall–Kier alpha value is -1.72. The summed E-state index contributed by atoms with van der Waals surface area (Å²) in [6, 6.07) is 1.18. The Bertz CT molecular complexity index is 1000. The molecular weight excluding hydrogens is 450 g/mol. The standard InChI is InChI=1S/C15H11Cl2F5N4OS/c1-28(27)13(5-14(13,18)19)10-9(4-23)25-26(12(10)24)11-7(16)2-6(3-8(11)17)15(20,21)22/h2-4,23H,5,24H2,1H3. The van der Waals surface area contributed by atoms with Gasteiger partial charge in [-0.05, 0) is 12.1 Å². The predicted octanol–water partition coefficient (Wildman–Crippen LogP) is 4.39. The van der Waals surface area contributed by atoms with Crippen LogP contribution < -0.4 is 5.73 Å². The molecule has 1 aliphatic rings. The van der Waals surface area contributed by atoms with E-state index in [1.165, 1.54) is 0 Å². The molecule has 2 unspecified atom stereocenters. The zero-order valence-electron chi connectivity index (χ0n) is 13.9. The number of nitrogen functional groups attached to an aromatic ring is 1. The highest BCUT2D eigenvalue weighted by molar-refractivity contribution is 7.85. The van der Waals surface area contributed by atoms with Crippen LogP contribution in [-0.2, 0) is 21.7 Å². The molecule has 1 aliphatic carbocycles. The monoisotopic (exact) mass is 460 g/mol. The van der Waals surface area contributed by atoms with Gasteiger partial charge < -0.3 is 11.1 Å². The van der Waals surface area contributed by atoms with Crippen LogP contribution in [0.25, 0.3) is 5.69 Å². The third-order valence-corrected chi connectivity index (χ3v) is 6.68. The molecule has 1 saturated carbocycles. The molecule has 0 bridgehead atoms. The first kappa shape index (κ1) is 21.0. The highest BCUT2D eigenvalue weighted by Gasteiger charge is 2.76. The maximum absolute atomic E-state index is 14.1. The summed E-state index contributed by atoms with van der Waals surface area (Å²) in [6.07, 6.45) is -3.78. The van der Waals surface area contributed by atoms with Gasteiger partial charge in [0.2, 0.25) is 0 Å². The first-order chi connectivity index (χ1) is 12.8. The fourth-order valence-electron chi connectivity index (χ4n) is 3.06. The molecule has 28 heavy (non-hydrogen) atoms. The normalized spacial score (nSPS) is 22.1. The van der Waals surface area contributed by atoms with Crippen molar-refractivity contribution in [2.24, 2.45) is 0 Å². The van der Waals surface area contributed by atoms with E-state index in [-0.39, 0.29) is 16.9 Å². The first-order valence-electron chi connectivity index (χ1n) is 7.45. The summed E-state index contributed by atoms with van der Waals surface area (Å²) in [5, 5.41) is 10.4. The Morgan fingerprint density at radius 2 is 1.82 bits per heavy atom. The molecular formula is C15H11Cl2F5N4OS. The molecule has 5 nitrogen and oxygen atoms in total. The number of aromatic nitrogens is 2. The van der Waals surface area contributed by atoms with Gasteiger partial charge in [0.25, 0.3) is 5.92 Å². The van der Waals surface area contributed by atoms with Crippen LogP contribution in [0.15, 0.2) is 12.1 Å². The lowest BCUT2D eigenvalue weighted by Crippen LogP contribution is -2.24. The van der Waals surface area contributed by atoms with E-state index in [1.54, 1.807) is 0 Å². The van der Waals surface area contributed by atoms with E-state index in [0.29, 0.717) is 18.3 Å². The number of nitrogens with zero attached hydrogens (tertiary/aromatic N) is 2. The summed E-state index contributed by atoms with van der Waals surface area (Å²) in [7, 11) is -2.08. The Morgan fingerprint density at radius 3 is 2.18 bits per heavy atom. The average Bonchev–Trinajstić information content (AvgIpc) is 2.99. The van der Waals surface area contributed by atoms with Crippen molar-refractivity contribution >= 4 is 46.0 Å². The van der Waals surface area contributed by atoms with Crippen LogP contribution in [0.3, 0.4) is 0 Å². The highest BCUT2D eigenvalue weighted by Crippen LogP contribution is 2.65. The van der Waals surface area contributed by atoms with Crippen molar-refractivity contribution in [1.29, 1.82) is 5.41 Å². The molecule has 0 amide bonds. The molecule has 0 aliphatic heterocycles. The number of anilines is 1. The minimum absolute atomic E-state index is 0.274. The molecule has 3 N–H and O–H groups in total. The van der Waals surface area contributed by atoms with E-state index in [1.807, 2.05) is 0 Å². The second-order valence-electron chi connectivity index (χ2n) is 6.15. The van der Waals surface area contributed by atoms with E-state index in [4.69, 9.17) is 34.3 Å². The van der Waals surface area contributed by atoms with Gasteiger partial charge in [-0.15, -0.1) is 0 Å². The maximum atomic E-state index is 14.1. The van der Waals surface area contributed by atoms with Crippen LogP contribution in [0.4, 0.5) is 27.8 Å². The molecule has 3 rings (SSSR count). The Labute approximate surface area is 167 Å². The number of hydrogen-bond acceptors (Lipinski definition) is 4. The van der Waals surface area contributed by atoms with Crippen LogP contribution >= 0.6 is 23.2 Å². The molecule has 0 radical (unpaired) electrons. The first-order valence-corrected chi connectivity index (χ1v) is 9.76. The SMILES string of the molecule is CS(=O)C1(c2c(C=N)nn(-c3c(Cl)cc(C(F)(F)F)cc3Cl)c2N)CC1(F)F. The molecule has 1 aromatic carbocycles. The lowest BCUT2D eigenvalue weighted by Gasteiger charge is -2.16. The molecule has 152 valence electrons. The van der Waals surface area contributed by atoms with E-state index in [9.17, 15) is 26.2 Å². The molecule has 2 aromatic rings. The van der Waals surface area contributed by atoms with Crippen molar-refractivity contribution < 1.29 is 26.2 Å². The van der Waals surface area contributed by atoms with E-state index in [2.05, 4.69) is 5.10 Å². The zero-order chi connectivity index (χ0) is 21.2. The van der Waals surface area contributed by atoms with Crippen LogP contribution in [0.2, 0.25) is 10.0 Å². The predicted molar refractivity (Wildman–Crippen MR) is 96.2 cm³/mol. The minimum Gasteiger partial charge on any atom is -0.383 e. The summed E-state index contributed by atoms with van der Waals surface area (Å²) in [6.45, 7) is 0. The molecule has 1 heterocycles. The molecule has 13 heteroatoms. The topological polar surface area (TPSA) is 84.8 Å². The van der Waals surface area contributed by atoms with Gasteiger partial charge in [0, 0.05) is 35.3 Å². The third-order valence-electron chi connectivity index (χ3n) is 4.47. The number of nitrogens with one attached hydrogen (secondary N) is 1. The number of benzene rings is 1. The van der Waals surface area contributed by atoms with Gasteiger partial charge in [-0.25, -0.2) is 13.5 Å². The van der Waals surface area contributed by atoms with Crippen LogP contribution in [0, 0.1) is 5.41 Å². The van der Waals surface area contributed by atoms with Crippen molar-refractivity contribution in [1.82, 2.24) is 9.78 Å². The third kappa shape index (κ3) is 2.91. The van der Waals surface area contributed by atoms with Gasteiger partial charge >= 0.3 is 6.18 Å². The van der Waals surface area contributed by atoms with Gasteiger partial charge in [-0.1, -0.05) is 23.2 Å². The quantitative estimate of drug-likeness (QED) is 0.524. The smallest absolute Gasteiger partial charge is 0.383 e. The van der Waals surface area contributed by atoms with Gasteiger partial charge in [0.1, 0.15) is 21.9 Å². The minimum atomic E-state index is -4.72. The molecule has 0 saturated heterocycles. The summed E-state index contributed by atoms with van der Waals surface area (Å²) in [5.41, 5.74) is 3.91. The fourth-order valence-corrected chi connectivity index (χ4v) is 5.01. The molecule has 1 fully saturated rings. The molecule has 1 aromatic heterocycles.